The van der Waals surface area contributed by atoms with Crippen LogP contribution in [-0.2, 0) is 6.42 Å². The fourth-order valence-corrected chi connectivity index (χ4v) is 3.74. The minimum Gasteiger partial charge on any atom is -0.465 e. The standard InChI is InChI=1S/C21H22F2N6O2/c1-2-11-6-17(12-3-4-16(24)15(23)5-12)27-18-8-25-20(28-19(11)18)26-14-7-13(22)9-29(10-14)21(30)31/h3-6,8,13-14H,2,7,9-10,24H2,1H3,(H,30,31)(H,25,26,28)/t13-,14-/m0/s1. The molecular formula is C21H22F2N6O2. The molecule has 0 bridgehead atoms. The smallest absolute Gasteiger partial charge is 0.407 e. The number of nitrogens with one attached hydrogen (secondary N) is 1. The van der Waals surface area contributed by atoms with Gasteiger partial charge in [0, 0.05) is 24.6 Å². The van der Waals surface area contributed by atoms with E-state index >= 15 is 0 Å². The van der Waals surface area contributed by atoms with Crippen molar-refractivity contribution in [2.24, 2.45) is 0 Å². The van der Waals surface area contributed by atoms with Gasteiger partial charge in [0.15, 0.2) is 0 Å². The number of pyridine rings is 1. The van der Waals surface area contributed by atoms with Gasteiger partial charge in [0.2, 0.25) is 5.95 Å². The third kappa shape index (κ3) is 4.32. The van der Waals surface area contributed by atoms with Gasteiger partial charge >= 0.3 is 6.09 Å². The first-order valence-corrected chi connectivity index (χ1v) is 9.94. The summed E-state index contributed by atoms with van der Waals surface area (Å²) in [5.74, 6) is -0.234. The average Bonchev–Trinajstić information content (AvgIpc) is 2.74. The van der Waals surface area contributed by atoms with E-state index < -0.39 is 24.1 Å². The van der Waals surface area contributed by atoms with Crippen molar-refractivity contribution in [2.45, 2.75) is 32.0 Å². The molecule has 3 aromatic rings. The molecule has 1 aromatic carbocycles. The molecule has 1 aliphatic rings. The Morgan fingerprint density at radius 2 is 2.13 bits per heavy atom. The Morgan fingerprint density at radius 1 is 1.32 bits per heavy atom. The third-order valence-electron chi connectivity index (χ3n) is 5.31. The van der Waals surface area contributed by atoms with Gasteiger partial charge < -0.3 is 21.1 Å². The summed E-state index contributed by atoms with van der Waals surface area (Å²) in [6, 6.07) is 5.94. The Morgan fingerprint density at radius 3 is 2.84 bits per heavy atom. The zero-order valence-electron chi connectivity index (χ0n) is 16.8. The molecule has 31 heavy (non-hydrogen) atoms. The summed E-state index contributed by atoms with van der Waals surface area (Å²) in [5.41, 5.74) is 8.86. The Kier molecular flexibility index (Phi) is 5.53. The minimum atomic E-state index is -1.25. The number of alkyl halides is 1. The van der Waals surface area contributed by atoms with E-state index in [9.17, 15) is 13.6 Å². The molecule has 1 saturated heterocycles. The molecule has 2 aromatic heterocycles. The number of nitrogens with zero attached hydrogens (tertiary/aromatic N) is 4. The number of amides is 1. The molecular weight excluding hydrogens is 406 g/mol. The Labute approximate surface area is 177 Å². The number of aryl methyl sites for hydroxylation is 1. The number of carboxylic acid groups (broad SMARTS) is 1. The lowest BCUT2D eigenvalue weighted by Gasteiger charge is -2.33. The highest BCUT2D eigenvalue weighted by Gasteiger charge is 2.30. The van der Waals surface area contributed by atoms with E-state index in [1.54, 1.807) is 12.3 Å². The number of carbonyl (C=O) groups is 1. The van der Waals surface area contributed by atoms with Crippen LogP contribution in [0.2, 0.25) is 0 Å². The highest BCUT2D eigenvalue weighted by molar-refractivity contribution is 5.82. The van der Waals surface area contributed by atoms with Crippen LogP contribution in [0.25, 0.3) is 22.3 Å². The predicted octanol–water partition coefficient (Wildman–Crippen LogP) is 3.48. The Hall–Kier alpha value is -3.56. The molecule has 8 nitrogen and oxygen atoms in total. The lowest BCUT2D eigenvalue weighted by Crippen LogP contribution is -2.49. The van der Waals surface area contributed by atoms with Crippen LogP contribution in [-0.4, -0.2) is 56.4 Å². The number of nitrogens with two attached hydrogens (primary N) is 1. The second-order valence-corrected chi connectivity index (χ2v) is 7.55. The fourth-order valence-electron chi connectivity index (χ4n) is 3.74. The number of rotatable bonds is 4. The van der Waals surface area contributed by atoms with E-state index in [-0.39, 0.29) is 31.1 Å². The number of anilines is 2. The molecule has 162 valence electrons. The number of piperidine rings is 1. The van der Waals surface area contributed by atoms with Crippen molar-refractivity contribution >= 4 is 28.8 Å². The van der Waals surface area contributed by atoms with Crippen LogP contribution < -0.4 is 11.1 Å². The number of likely N-dealkylation sites (tertiary alicyclic amines) is 1. The van der Waals surface area contributed by atoms with Gasteiger partial charge in [0.25, 0.3) is 0 Å². The van der Waals surface area contributed by atoms with Crippen LogP contribution in [0.4, 0.5) is 25.2 Å². The first-order chi connectivity index (χ1) is 14.8. The maximum atomic E-state index is 13.9. The van der Waals surface area contributed by atoms with Crippen LogP contribution in [0, 0.1) is 5.82 Å². The molecule has 1 aliphatic heterocycles. The van der Waals surface area contributed by atoms with Gasteiger partial charge in [0.05, 0.1) is 29.6 Å². The molecule has 10 heteroatoms. The number of hydrogen-bond acceptors (Lipinski definition) is 6. The number of benzene rings is 1. The fraction of sp³-hybridized carbons (Fsp3) is 0.333. The molecule has 4 N–H and O–H groups in total. The van der Waals surface area contributed by atoms with Crippen molar-refractivity contribution in [1.82, 2.24) is 19.9 Å². The van der Waals surface area contributed by atoms with Crippen molar-refractivity contribution in [2.75, 3.05) is 24.1 Å². The summed E-state index contributed by atoms with van der Waals surface area (Å²) in [5, 5.41) is 12.2. The highest BCUT2D eigenvalue weighted by Crippen LogP contribution is 2.27. The van der Waals surface area contributed by atoms with E-state index in [0.717, 1.165) is 10.5 Å². The quantitative estimate of drug-likeness (QED) is 0.545. The van der Waals surface area contributed by atoms with Crippen molar-refractivity contribution < 1.29 is 18.7 Å². The lowest BCUT2D eigenvalue weighted by molar-refractivity contribution is 0.102. The summed E-state index contributed by atoms with van der Waals surface area (Å²) in [7, 11) is 0. The molecule has 0 spiro atoms. The van der Waals surface area contributed by atoms with Gasteiger partial charge in [-0.15, -0.1) is 0 Å². The monoisotopic (exact) mass is 428 g/mol. The molecule has 1 fully saturated rings. The SMILES string of the molecule is CCc1cc(-c2ccc(N)c(F)c2)nc2cnc(N[C@H]3C[C@H](F)CN(C(=O)O)C3)nc12. The van der Waals surface area contributed by atoms with Crippen LogP contribution >= 0.6 is 0 Å². The lowest BCUT2D eigenvalue weighted by atomic mass is 10.0. The van der Waals surface area contributed by atoms with Gasteiger partial charge in [0.1, 0.15) is 17.5 Å². The number of fused-ring (bicyclic) bond motifs is 1. The highest BCUT2D eigenvalue weighted by atomic mass is 19.1. The Balaban J connectivity index is 1.64. The first kappa shape index (κ1) is 20.7. The molecule has 1 amide bonds. The topological polar surface area (TPSA) is 117 Å². The number of halogens is 2. The van der Waals surface area contributed by atoms with E-state index in [1.165, 1.54) is 12.1 Å². The largest absolute Gasteiger partial charge is 0.465 e. The van der Waals surface area contributed by atoms with Crippen LogP contribution in [0.15, 0.2) is 30.5 Å². The summed E-state index contributed by atoms with van der Waals surface area (Å²) >= 11 is 0. The van der Waals surface area contributed by atoms with E-state index in [0.29, 0.717) is 28.7 Å². The minimum absolute atomic E-state index is 0.0685. The van der Waals surface area contributed by atoms with Gasteiger partial charge in [-0.3, -0.25) is 0 Å². The molecule has 3 heterocycles. The molecule has 0 radical (unpaired) electrons. The van der Waals surface area contributed by atoms with Crippen LogP contribution in [0.3, 0.4) is 0 Å². The van der Waals surface area contributed by atoms with Crippen LogP contribution in [0.5, 0.6) is 0 Å². The zero-order chi connectivity index (χ0) is 22.1. The molecule has 0 aliphatic carbocycles. The molecule has 4 rings (SSSR count). The summed E-state index contributed by atoms with van der Waals surface area (Å²) in [4.78, 5) is 25.6. The van der Waals surface area contributed by atoms with Crippen molar-refractivity contribution in [3.8, 4) is 11.3 Å². The Bertz CT molecular complexity index is 1140. The maximum Gasteiger partial charge on any atom is 0.407 e. The normalized spacial score (nSPS) is 18.9. The van der Waals surface area contributed by atoms with Crippen LogP contribution in [0.1, 0.15) is 18.9 Å². The van der Waals surface area contributed by atoms with Gasteiger partial charge in [-0.1, -0.05) is 13.0 Å². The number of aromatic nitrogens is 3. The second kappa shape index (κ2) is 8.29. The second-order valence-electron chi connectivity index (χ2n) is 7.55. The third-order valence-corrected chi connectivity index (χ3v) is 5.31. The molecule has 0 saturated carbocycles. The summed E-state index contributed by atoms with van der Waals surface area (Å²) in [6.45, 7) is 1.99. The molecule has 0 unspecified atom stereocenters. The first-order valence-electron chi connectivity index (χ1n) is 9.94. The average molecular weight is 428 g/mol. The van der Waals surface area contributed by atoms with E-state index in [1.807, 2.05) is 13.0 Å². The van der Waals surface area contributed by atoms with Crippen molar-refractivity contribution in [3.63, 3.8) is 0 Å². The van der Waals surface area contributed by atoms with Crippen molar-refractivity contribution in [3.05, 3.63) is 41.8 Å². The van der Waals surface area contributed by atoms with E-state index in [2.05, 4.69) is 20.3 Å². The summed E-state index contributed by atoms with van der Waals surface area (Å²) in [6.07, 6.45) is -0.0312. The number of hydrogen-bond donors (Lipinski definition) is 3. The van der Waals surface area contributed by atoms with Crippen molar-refractivity contribution in [1.29, 1.82) is 0 Å². The summed E-state index contributed by atoms with van der Waals surface area (Å²) < 4.78 is 27.8. The zero-order valence-corrected chi connectivity index (χ0v) is 16.8. The number of nitrogen functional groups attached to an aromatic ring is 1. The van der Waals surface area contributed by atoms with Gasteiger partial charge in [-0.05, 0) is 30.2 Å². The van der Waals surface area contributed by atoms with E-state index in [4.69, 9.17) is 10.8 Å². The van der Waals surface area contributed by atoms with Gasteiger partial charge in [-0.2, -0.15) is 0 Å². The van der Waals surface area contributed by atoms with Gasteiger partial charge in [-0.25, -0.2) is 28.5 Å². The molecule has 2 atom stereocenters. The predicted molar refractivity (Wildman–Crippen MR) is 113 cm³/mol. The maximum absolute atomic E-state index is 13.9.